The largest absolute Gasteiger partial charge is 0.376 e. The monoisotopic (exact) mass is 215 g/mol. The molecular formula is C12H13N3O. The van der Waals surface area contributed by atoms with Crippen LogP contribution in [0.4, 0.5) is 5.69 Å². The first-order valence-corrected chi connectivity index (χ1v) is 5.02. The van der Waals surface area contributed by atoms with Gasteiger partial charge in [0.1, 0.15) is 0 Å². The molecule has 82 valence electrons. The van der Waals surface area contributed by atoms with Crippen LogP contribution in [-0.4, -0.2) is 12.5 Å². The summed E-state index contributed by atoms with van der Waals surface area (Å²) in [5, 5.41) is 6.17. The molecule has 0 atom stereocenters. The fourth-order valence-electron chi connectivity index (χ4n) is 1.55. The maximum absolute atomic E-state index is 10.7. The molecule has 16 heavy (non-hydrogen) atoms. The highest BCUT2D eigenvalue weighted by atomic mass is 16.1. The minimum Gasteiger partial charge on any atom is -0.376 e. The molecule has 0 aromatic heterocycles. The van der Waals surface area contributed by atoms with Gasteiger partial charge in [-0.2, -0.15) is 0 Å². The fourth-order valence-corrected chi connectivity index (χ4v) is 1.55. The number of carbonyl (C=O) groups is 1. The van der Waals surface area contributed by atoms with Crippen LogP contribution in [-0.2, 0) is 4.79 Å². The Labute approximate surface area is 93.8 Å². The third kappa shape index (κ3) is 2.23. The molecule has 0 aliphatic carbocycles. The Hall–Kier alpha value is -2.23. The maximum atomic E-state index is 10.7. The number of para-hydroxylation sites is 1. The van der Waals surface area contributed by atoms with Crippen molar-refractivity contribution in [2.24, 2.45) is 5.73 Å². The van der Waals surface area contributed by atoms with E-state index in [9.17, 15) is 4.79 Å². The second-order valence-electron chi connectivity index (χ2n) is 3.45. The Balaban J connectivity index is 2.27. The first kappa shape index (κ1) is 10.3. The molecule has 1 amide bonds. The van der Waals surface area contributed by atoms with Crippen molar-refractivity contribution in [2.45, 2.75) is 0 Å². The van der Waals surface area contributed by atoms with Gasteiger partial charge in [0.25, 0.3) is 0 Å². The number of fused-ring (bicyclic) bond motifs is 1. The molecule has 0 saturated carbocycles. The molecule has 4 N–H and O–H groups in total. The Morgan fingerprint density at radius 1 is 1.38 bits per heavy atom. The van der Waals surface area contributed by atoms with Crippen molar-refractivity contribution >= 4 is 17.3 Å². The molecule has 1 aromatic carbocycles. The van der Waals surface area contributed by atoms with Crippen molar-refractivity contribution in [3.05, 3.63) is 48.2 Å². The van der Waals surface area contributed by atoms with E-state index in [1.54, 1.807) is 0 Å². The van der Waals surface area contributed by atoms with E-state index < -0.39 is 0 Å². The topological polar surface area (TPSA) is 67.2 Å². The molecule has 0 saturated heterocycles. The lowest BCUT2D eigenvalue weighted by Crippen LogP contribution is -2.27. The van der Waals surface area contributed by atoms with E-state index in [4.69, 9.17) is 5.73 Å². The predicted octanol–water partition coefficient (Wildman–Crippen LogP) is 1.04. The number of benzene rings is 1. The zero-order valence-electron chi connectivity index (χ0n) is 8.73. The van der Waals surface area contributed by atoms with Crippen molar-refractivity contribution < 1.29 is 4.79 Å². The molecular weight excluding hydrogens is 202 g/mol. The molecule has 1 heterocycles. The molecule has 0 fully saturated rings. The van der Waals surface area contributed by atoms with E-state index in [2.05, 4.69) is 10.6 Å². The minimum absolute atomic E-state index is 0.133. The van der Waals surface area contributed by atoms with E-state index in [0.717, 1.165) is 16.9 Å². The Kier molecular flexibility index (Phi) is 2.91. The molecule has 4 heteroatoms. The van der Waals surface area contributed by atoms with E-state index in [1.807, 2.05) is 42.6 Å². The van der Waals surface area contributed by atoms with E-state index >= 15 is 0 Å². The van der Waals surface area contributed by atoms with Crippen LogP contribution in [0.25, 0.3) is 5.70 Å². The van der Waals surface area contributed by atoms with E-state index in [-0.39, 0.29) is 12.5 Å². The molecule has 0 spiro atoms. The van der Waals surface area contributed by atoms with Gasteiger partial charge in [0.15, 0.2) is 0 Å². The van der Waals surface area contributed by atoms with Gasteiger partial charge in [0, 0.05) is 23.1 Å². The van der Waals surface area contributed by atoms with Crippen LogP contribution in [0.5, 0.6) is 0 Å². The minimum atomic E-state index is -0.375. The van der Waals surface area contributed by atoms with Crippen LogP contribution in [0, 0.1) is 0 Å². The van der Waals surface area contributed by atoms with Gasteiger partial charge >= 0.3 is 0 Å². The average molecular weight is 215 g/mol. The van der Waals surface area contributed by atoms with Gasteiger partial charge in [-0.3, -0.25) is 4.79 Å². The van der Waals surface area contributed by atoms with Crippen LogP contribution in [0.3, 0.4) is 0 Å². The molecule has 0 bridgehead atoms. The summed E-state index contributed by atoms with van der Waals surface area (Å²) < 4.78 is 0. The molecule has 1 aliphatic rings. The number of hydrogen-bond donors (Lipinski definition) is 3. The molecule has 0 unspecified atom stereocenters. The van der Waals surface area contributed by atoms with Gasteiger partial charge in [0.2, 0.25) is 5.91 Å². The number of anilines is 1. The van der Waals surface area contributed by atoms with Crippen molar-refractivity contribution in [3.8, 4) is 0 Å². The Morgan fingerprint density at radius 3 is 3.00 bits per heavy atom. The molecule has 2 rings (SSSR count). The quantitative estimate of drug-likeness (QED) is 0.705. The summed E-state index contributed by atoms with van der Waals surface area (Å²) in [5.74, 6) is -0.375. The predicted molar refractivity (Wildman–Crippen MR) is 64.4 cm³/mol. The number of carbonyl (C=O) groups excluding carboxylic acids is 1. The lowest BCUT2D eigenvalue weighted by atomic mass is 10.1. The van der Waals surface area contributed by atoms with Crippen LogP contribution >= 0.6 is 0 Å². The van der Waals surface area contributed by atoms with Gasteiger partial charge in [-0.15, -0.1) is 0 Å². The van der Waals surface area contributed by atoms with Crippen LogP contribution < -0.4 is 16.4 Å². The molecule has 0 radical (unpaired) electrons. The highest BCUT2D eigenvalue weighted by molar-refractivity contribution is 5.82. The maximum Gasteiger partial charge on any atom is 0.236 e. The number of rotatable bonds is 3. The van der Waals surface area contributed by atoms with Gasteiger partial charge in [-0.1, -0.05) is 18.2 Å². The van der Waals surface area contributed by atoms with Gasteiger partial charge < -0.3 is 16.4 Å². The average Bonchev–Trinajstić information content (AvgIpc) is 2.48. The first-order chi connectivity index (χ1) is 7.77. The molecule has 1 aromatic rings. The standard InChI is InChI=1S/C12H13N3O/c13-12(16)8-15-11-6-3-7-14-10-5-2-1-4-9(10)11/h1-7,14-15H,8H2,(H2,13,16). The molecule has 1 aliphatic heterocycles. The number of hydrogen-bond acceptors (Lipinski definition) is 3. The number of nitrogens with two attached hydrogens (primary N) is 1. The first-order valence-electron chi connectivity index (χ1n) is 5.02. The summed E-state index contributed by atoms with van der Waals surface area (Å²) in [6.07, 6.45) is 5.63. The normalized spacial score (nSPS) is 13.1. The van der Waals surface area contributed by atoms with Crippen molar-refractivity contribution in [1.82, 2.24) is 5.32 Å². The van der Waals surface area contributed by atoms with E-state index in [0.29, 0.717) is 0 Å². The second kappa shape index (κ2) is 4.53. The van der Waals surface area contributed by atoms with Crippen LogP contribution in [0.15, 0.2) is 42.6 Å². The lowest BCUT2D eigenvalue weighted by molar-refractivity contribution is -0.117. The van der Waals surface area contributed by atoms with Crippen LogP contribution in [0.1, 0.15) is 5.56 Å². The summed E-state index contributed by atoms with van der Waals surface area (Å²) >= 11 is 0. The summed E-state index contributed by atoms with van der Waals surface area (Å²) in [5.41, 5.74) is 8.01. The van der Waals surface area contributed by atoms with Crippen molar-refractivity contribution in [3.63, 3.8) is 0 Å². The number of primary amides is 1. The summed E-state index contributed by atoms with van der Waals surface area (Å²) in [4.78, 5) is 10.7. The number of nitrogens with one attached hydrogen (secondary N) is 2. The zero-order chi connectivity index (χ0) is 11.4. The lowest BCUT2D eigenvalue weighted by Gasteiger charge is -2.12. The summed E-state index contributed by atoms with van der Waals surface area (Å²) in [7, 11) is 0. The number of allylic oxidation sites excluding steroid dienone is 2. The van der Waals surface area contributed by atoms with Crippen LogP contribution in [0.2, 0.25) is 0 Å². The Morgan fingerprint density at radius 2 is 2.19 bits per heavy atom. The van der Waals surface area contributed by atoms with Crippen molar-refractivity contribution in [2.75, 3.05) is 11.9 Å². The summed E-state index contributed by atoms with van der Waals surface area (Å²) in [6.45, 7) is 0.133. The SMILES string of the molecule is NC(=O)CNC1=CC=CNc2ccccc21. The molecule has 4 nitrogen and oxygen atoms in total. The third-order valence-electron chi connectivity index (χ3n) is 2.27. The van der Waals surface area contributed by atoms with Gasteiger partial charge in [-0.25, -0.2) is 0 Å². The van der Waals surface area contributed by atoms with Crippen molar-refractivity contribution in [1.29, 1.82) is 0 Å². The highest BCUT2D eigenvalue weighted by Gasteiger charge is 2.08. The third-order valence-corrected chi connectivity index (χ3v) is 2.27. The summed E-state index contributed by atoms with van der Waals surface area (Å²) in [6, 6.07) is 7.86. The second-order valence-corrected chi connectivity index (χ2v) is 3.45. The number of amides is 1. The zero-order valence-corrected chi connectivity index (χ0v) is 8.73. The van der Waals surface area contributed by atoms with Gasteiger partial charge in [-0.05, 0) is 18.2 Å². The fraction of sp³-hybridized carbons (Fsp3) is 0.0833. The van der Waals surface area contributed by atoms with Gasteiger partial charge in [0.05, 0.1) is 6.54 Å². The Bertz CT molecular complexity index is 463. The van der Waals surface area contributed by atoms with E-state index in [1.165, 1.54) is 0 Å². The highest BCUT2D eigenvalue weighted by Crippen LogP contribution is 2.23. The smallest absolute Gasteiger partial charge is 0.236 e.